The summed E-state index contributed by atoms with van der Waals surface area (Å²) in [4.78, 5) is 0. The van der Waals surface area contributed by atoms with Crippen LogP contribution in [0.1, 0.15) is 0 Å². The molecular weight excluding hydrogens is 186 g/mol. The predicted molar refractivity (Wildman–Crippen MR) is 22.7 cm³/mol. The summed E-state index contributed by atoms with van der Waals surface area (Å²) in [6.45, 7) is 0. The summed E-state index contributed by atoms with van der Waals surface area (Å²) in [6.07, 6.45) is 0. The van der Waals surface area contributed by atoms with E-state index < -0.39 is 27.2 Å². The minimum absolute atomic E-state index is 0. The van der Waals surface area contributed by atoms with Gasteiger partial charge in [0.15, 0.2) is 0 Å². The van der Waals surface area contributed by atoms with E-state index in [1.165, 1.54) is 0 Å². The van der Waals surface area contributed by atoms with Gasteiger partial charge in [-0.3, -0.25) is 8.42 Å². The Kier molecular flexibility index (Phi) is 19.7. The molecular formula is CH2Na2O4S2. The van der Waals surface area contributed by atoms with E-state index in [0.717, 1.165) is 0 Å². The number of hydrogen-bond acceptors (Lipinski definition) is 4. The van der Waals surface area contributed by atoms with E-state index in [9.17, 15) is 17.5 Å². The molecule has 0 aliphatic rings. The first-order valence-electron chi connectivity index (χ1n) is 1.24. The molecule has 0 heterocycles. The molecule has 0 aromatic carbocycles. The average Bonchev–Trinajstić information content (AvgIpc) is 1.27. The van der Waals surface area contributed by atoms with Crippen LogP contribution in [-0.4, -0.2) is 22.6 Å². The van der Waals surface area contributed by atoms with Crippen molar-refractivity contribution in [2.45, 2.75) is 0 Å². The van der Waals surface area contributed by atoms with Gasteiger partial charge in [-0.05, 0) is 22.2 Å². The van der Waals surface area contributed by atoms with Gasteiger partial charge in [0.05, 0.1) is 5.08 Å². The van der Waals surface area contributed by atoms with Crippen LogP contribution in [0.2, 0.25) is 0 Å². The van der Waals surface area contributed by atoms with Crippen molar-refractivity contribution >= 4 is 22.2 Å². The van der Waals surface area contributed by atoms with E-state index in [1.807, 2.05) is 0 Å². The van der Waals surface area contributed by atoms with Crippen molar-refractivity contribution in [3.8, 4) is 0 Å². The smallest absolute Gasteiger partial charge is 0.772 e. The molecule has 44 valence electrons. The summed E-state index contributed by atoms with van der Waals surface area (Å²) in [7, 11) is 0. The Labute approximate surface area is 102 Å². The maximum Gasteiger partial charge on any atom is 1.00 e. The molecule has 0 fully saturated rings. The first kappa shape index (κ1) is 17.3. The monoisotopic (exact) mass is 188 g/mol. The number of hydrogen-bond donors (Lipinski definition) is 0. The first-order chi connectivity index (χ1) is 3.13. The third kappa shape index (κ3) is 17.8. The molecule has 0 aromatic rings. The van der Waals surface area contributed by atoms with Crippen molar-refractivity contribution in [1.29, 1.82) is 0 Å². The zero-order valence-electron chi connectivity index (χ0n) is 5.16. The van der Waals surface area contributed by atoms with Crippen LogP contribution in [0, 0.1) is 0 Å². The van der Waals surface area contributed by atoms with Crippen LogP contribution in [0.25, 0.3) is 0 Å². The van der Waals surface area contributed by atoms with Gasteiger partial charge in [0, 0.05) is 0 Å². The molecule has 8 heteroatoms. The third-order valence-corrected chi connectivity index (χ3v) is 1.73. The normalized spacial score (nSPS) is 14.4. The molecule has 0 N–H and O–H groups in total. The van der Waals surface area contributed by atoms with Crippen molar-refractivity contribution in [1.82, 2.24) is 0 Å². The zero-order valence-corrected chi connectivity index (χ0v) is 10.8. The van der Waals surface area contributed by atoms with E-state index in [-0.39, 0.29) is 59.1 Å². The maximum atomic E-state index is 9.42. The van der Waals surface area contributed by atoms with Gasteiger partial charge in [-0.1, -0.05) is 0 Å². The summed E-state index contributed by atoms with van der Waals surface area (Å²) in [5.41, 5.74) is 0. The SMILES string of the molecule is O=S([O-])CS(=O)[O-].[Na+].[Na+]. The summed E-state index contributed by atoms with van der Waals surface area (Å²) in [5.74, 6) is 0. The van der Waals surface area contributed by atoms with Crippen LogP contribution in [0.4, 0.5) is 0 Å². The van der Waals surface area contributed by atoms with Crippen LogP contribution in [0.15, 0.2) is 0 Å². The van der Waals surface area contributed by atoms with Gasteiger partial charge >= 0.3 is 59.1 Å². The second-order valence-electron chi connectivity index (χ2n) is 0.725. The summed E-state index contributed by atoms with van der Waals surface area (Å²) in [6, 6.07) is 0. The van der Waals surface area contributed by atoms with Crippen molar-refractivity contribution in [3.63, 3.8) is 0 Å². The fourth-order valence-electron chi connectivity index (χ4n) is 0.0786. The van der Waals surface area contributed by atoms with E-state index in [2.05, 4.69) is 0 Å². The fourth-order valence-corrected chi connectivity index (χ4v) is 0.707. The summed E-state index contributed by atoms with van der Waals surface area (Å²) >= 11 is -4.92. The molecule has 0 saturated carbocycles. The second-order valence-corrected chi connectivity index (χ2v) is 2.88. The quantitative estimate of drug-likeness (QED) is 0.318. The zero-order chi connectivity index (χ0) is 5.86. The minimum Gasteiger partial charge on any atom is -0.772 e. The topological polar surface area (TPSA) is 80.3 Å². The van der Waals surface area contributed by atoms with Gasteiger partial charge < -0.3 is 9.11 Å². The van der Waals surface area contributed by atoms with Crippen molar-refractivity contribution < 1.29 is 76.6 Å². The molecule has 2 atom stereocenters. The molecule has 2 unspecified atom stereocenters. The molecule has 0 amide bonds. The minimum atomic E-state index is -2.46. The summed E-state index contributed by atoms with van der Waals surface area (Å²) < 4.78 is 37.7. The van der Waals surface area contributed by atoms with Crippen molar-refractivity contribution in [2.24, 2.45) is 0 Å². The van der Waals surface area contributed by atoms with Gasteiger partial charge in [0.2, 0.25) is 0 Å². The van der Waals surface area contributed by atoms with Crippen LogP contribution in [0.5, 0.6) is 0 Å². The molecule has 9 heavy (non-hydrogen) atoms. The largest absolute Gasteiger partial charge is 1.00 e. The molecule has 0 aliphatic heterocycles. The Morgan fingerprint density at radius 2 is 1.22 bits per heavy atom. The Morgan fingerprint density at radius 1 is 1.00 bits per heavy atom. The van der Waals surface area contributed by atoms with Crippen molar-refractivity contribution in [3.05, 3.63) is 0 Å². The van der Waals surface area contributed by atoms with Gasteiger partial charge in [-0.2, -0.15) is 0 Å². The second kappa shape index (κ2) is 10.2. The predicted octanol–water partition coefficient (Wildman–Crippen LogP) is -7.29. The standard InChI is InChI=1S/CH4O4S2.2Na/c2-6(3)1-7(4)5;;/h1H2,(H,2,3)(H,4,5);;/q;2*+1/p-2. The van der Waals surface area contributed by atoms with Crippen LogP contribution in [0.3, 0.4) is 0 Å². The Hall–Kier alpha value is 2.22. The molecule has 0 radical (unpaired) electrons. The Morgan fingerprint density at radius 3 is 1.22 bits per heavy atom. The van der Waals surface area contributed by atoms with Gasteiger partial charge in [-0.15, -0.1) is 0 Å². The molecule has 0 aromatic heterocycles. The summed E-state index contributed by atoms with van der Waals surface area (Å²) in [5, 5.41) is -0.806. The van der Waals surface area contributed by atoms with Gasteiger partial charge in [0.25, 0.3) is 0 Å². The van der Waals surface area contributed by atoms with Gasteiger partial charge in [-0.25, -0.2) is 0 Å². The average molecular weight is 188 g/mol. The molecule has 0 rings (SSSR count). The third-order valence-electron chi connectivity index (χ3n) is 0.192. The molecule has 0 aliphatic carbocycles. The van der Waals surface area contributed by atoms with E-state index >= 15 is 0 Å². The fraction of sp³-hybridized carbons (Fsp3) is 1.00. The van der Waals surface area contributed by atoms with E-state index in [1.54, 1.807) is 0 Å². The molecule has 0 saturated heterocycles. The molecule has 4 nitrogen and oxygen atoms in total. The maximum absolute atomic E-state index is 9.42. The first-order valence-corrected chi connectivity index (χ1v) is 3.73. The van der Waals surface area contributed by atoms with Crippen LogP contribution < -0.4 is 59.1 Å². The van der Waals surface area contributed by atoms with Crippen LogP contribution >= 0.6 is 0 Å². The molecule has 0 bridgehead atoms. The van der Waals surface area contributed by atoms with E-state index in [4.69, 9.17) is 0 Å². The molecule has 0 spiro atoms. The number of rotatable bonds is 2. The Balaban J connectivity index is -0.000000180. The van der Waals surface area contributed by atoms with Gasteiger partial charge in [0.1, 0.15) is 0 Å². The Bertz CT molecular complexity index is 92.7. The van der Waals surface area contributed by atoms with Crippen LogP contribution in [-0.2, 0) is 22.2 Å². The van der Waals surface area contributed by atoms with E-state index in [0.29, 0.717) is 0 Å². The van der Waals surface area contributed by atoms with Crippen molar-refractivity contribution in [2.75, 3.05) is 5.08 Å².